The number of aromatic carboxylic acids is 1. The Morgan fingerprint density at radius 3 is 2.67 bits per heavy atom. The summed E-state index contributed by atoms with van der Waals surface area (Å²) in [4.78, 5) is 14.8. The van der Waals surface area contributed by atoms with Gasteiger partial charge in [0.05, 0.1) is 0 Å². The maximum Gasteiger partial charge on any atom is 0.358 e. The summed E-state index contributed by atoms with van der Waals surface area (Å²) in [6.45, 7) is 3.57. The number of aromatic nitrogens is 1. The molecule has 0 bridgehead atoms. The third-order valence-electron chi connectivity index (χ3n) is 2.53. The van der Waals surface area contributed by atoms with Gasteiger partial charge in [0, 0.05) is 32.2 Å². The number of carboxylic acids is 1. The SMILES string of the molecule is CN1CCN(c2cc(C(=O)O)no2)CC1. The number of carbonyl (C=O) groups is 1. The Morgan fingerprint density at radius 2 is 2.13 bits per heavy atom. The molecule has 1 N–H and O–H groups in total. The Bertz CT molecular complexity index is 355. The van der Waals surface area contributed by atoms with E-state index in [1.807, 2.05) is 4.90 Å². The van der Waals surface area contributed by atoms with Crippen LogP contribution in [0.5, 0.6) is 0 Å². The van der Waals surface area contributed by atoms with Gasteiger partial charge in [-0.05, 0) is 7.05 Å². The quantitative estimate of drug-likeness (QED) is 0.749. The minimum atomic E-state index is -1.06. The van der Waals surface area contributed by atoms with Gasteiger partial charge < -0.3 is 19.4 Å². The van der Waals surface area contributed by atoms with Crippen LogP contribution in [0.3, 0.4) is 0 Å². The highest BCUT2D eigenvalue weighted by atomic mass is 16.5. The highest BCUT2D eigenvalue weighted by molar-refractivity contribution is 5.85. The third-order valence-corrected chi connectivity index (χ3v) is 2.53. The van der Waals surface area contributed by atoms with Crippen LogP contribution in [0.2, 0.25) is 0 Å². The molecule has 0 radical (unpaired) electrons. The van der Waals surface area contributed by atoms with E-state index >= 15 is 0 Å². The van der Waals surface area contributed by atoms with E-state index in [9.17, 15) is 4.79 Å². The fourth-order valence-corrected chi connectivity index (χ4v) is 1.54. The Morgan fingerprint density at radius 1 is 1.47 bits per heavy atom. The molecule has 1 saturated heterocycles. The number of likely N-dealkylation sites (N-methyl/N-ethyl adjacent to an activating group) is 1. The van der Waals surface area contributed by atoms with E-state index < -0.39 is 5.97 Å². The van der Waals surface area contributed by atoms with Crippen LogP contribution in [-0.2, 0) is 0 Å². The van der Waals surface area contributed by atoms with Crippen molar-refractivity contribution in [3.63, 3.8) is 0 Å². The van der Waals surface area contributed by atoms with Gasteiger partial charge in [-0.25, -0.2) is 4.79 Å². The minimum Gasteiger partial charge on any atom is -0.476 e. The van der Waals surface area contributed by atoms with Crippen LogP contribution in [0, 0.1) is 0 Å². The van der Waals surface area contributed by atoms with Crippen LogP contribution in [0.15, 0.2) is 10.6 Å². The molecular weight excluding hydrogens is 198 g/mol. The average Bonchev–Trinajstić information content (AvgIpc) is 2.68. The highest BCUT2D eigenvalue weighted by Gasteiger charge is 2.19. The first kappa shape index (κ1) is 9.97. The van der Waals surface area contributed by atoms with E-state index in [0.717, 1.165) is 26.2 Å². The smallest absolute Gasteiger partial charge is 0.358 e. The van der Waals surface area contributed by atoms with Crippen molar-refractivity contribution in [1.29, 1.82) is 0 Å². The van der Waals surface area contributed by atoms with Gasteiger partial charge in [0.15, 0.2) is 5.69 Å². The van der Waals surface area contributed by atoms with Gasteiger partial charge >= 0.3 is 5.97 Å². The van der Waals surface area contributed by atoms with Crippen molar-refractivity contribution in [2.75, 3.05) is 38.1 Å². The molecule has 0 aromatic carbocycles. The van der Waals surface area contributed by atoms with Crippen LogP contribution < -0.4 is 4.90 Å². The van der Waals surface area contributed by atoms with Crippen molar-refractivity contribution in [2.45, 2.75) is 0 Å². The van der Waals surface area contributed by atoms with E-state index in [2.05, 4.69) is 17.1 Å². The van der Waals surface area contributed by atoms with E-state index in [-0.39, 0.29) is 5.69 Å². The second-order valence-corrected chi connectivity index (χ2v) is 3.65. The number of hydrogen-bond donors (Lipinski definition) is 1. The Kier molecular flexibility index (Phi) is 2.59. The number of carboxylic acid groups (broad SMARTS) is 1. The monoisotopic (exact) mass is 211 g/mol. The fourth-order valence-electron chi connectivity index (χ4n) is 1.54. The predicted octanol–water partition coefficient (Wildman–Crippen LogP) is 0.125. The van der Waals surface area contributed by atoms with Crippen molar-refractivity contribution in [3.8, 4) is 0 Å². The molecule has 0 unspecified atom stereocenters. The van der Waals surface area contributed by atoms with Crippen molar-refractivity contribution < 1.29 is 14.4 Å². The zero-order valence-corrected chi connectivity index (χ0v) is 8.51. The number of anilines is 1. The Balaban J connectivity index is 2.06. The summed E-state index contributed by atoms with van der Waals surface area (Å²) in [6, 6.07) is 1.47. The Hall–Kier alpha value is -1.56. The second-order valence-electron chi connectivity index (χ2n) is 3.65. The topological polar surface area (TPSA) is 69.8 Å². The minimum absolute atomic E-state index is 0.0380. The molecule has 1 fully saturated rings. The van der Waals surface area contributed by atoms with Crippen molar-refractivity contribution >= 4 is 11.9 Å². The summed E-state index contributed by atoms with van der Waals surface area (Å²) in [7, 11) is 2.06. The lowest BCUT2D eigenvalue weighted by molar-refractivity contribution is 0.0686. The average molecular weight is 211 g/mol. The van der Waals surface area contributed by atoms with E-state index in [1.54, 1.807) is 0 Å². The van der Waals surface area contributed by atoms with E-state index in [4.69, 9.17) is 9.63 Å². The normalized spacial score (nSPS) is 18.1. The van der Waals surface area contributed by atoms with Crippen LogP contribution in [0.4, 0.5) is 5.88 Å². The molecule has 0 amide bonds. The molecule has 1 aromatic heterocycles. The van der Waals surface area contributed by atoms with Gasteiger partial charge in [-0.15, -0.1) is 0 Å². The maximum absolute atomic E-state index is 10.6. The molecule has 2 heterocycles. The molecule has 2 rings (SSSR count). The molecule has 1 aliphatic heterocycles. The van der Waals surface area contributed by atoms with E-state index in [1.165, 1.54) is 6.07 Å². The zero-order chi connectivity index (χ0) is 10.8. The molecule has 0 atom stereocenters. The third kappa shape index (κ3) is 2.10. The lowest BCUT2D eigenvalue weighted by Gasteiger charge is -2.31. The maximum atomic E-state index is 10.6. The summed E-state index contributed by atoms with van der Waals surface area (Å²) in [5.41, 5.74) is -0.0380. The van der Waals surface area contributed by atoms with Gasteiger partial charge in [-0.3, -0.25) is 0 Å². The van der Waals surface area contributed by atoms with Crippen LogP contribution in [0.25, 0.3) is 0 Å². The van der Waals surface area contributed by atoms with Gasteiger partial charge in [0.2, 0.25) is 5.88 Å². The number of hydrogen-bond acceptors (Lipinski definition) is 5. The molecule has 1 aliphatic rings. The highest BCUT2D eigenvalue weighted by Crippen LogP contribution is 2.17. The molecule has 0 saturated carbocycles. The fraction of sp³-hybridized carbons (Fsp3) is 0.556. The lowest BCUT2D eigenvalue weighted by atomic mass is 10.3. The zero-order valence-electron chi connectivity index (χ0n) is 8.51. The lowest BCUT2D eigenvalue weighted by Crippen LogP contribution is -2.44. The first-order valence-corrected chi connectivity index (χ1v) is 4.80. The molecule has 15 heavy (non-hydrogen) atoms. The van der Waals surface area contributed by atoms with E-state index in [0.29, 0.717) is 5.88 Å². The summed E-state index contributed by atoms with van der Waals surface area (Å²) in [5, 5.41) is 12.2. The first-order valence-electron chi connectivity index (χ1n) is 4.80. The van der Waals surface area contributed by atoms with Crippen LogP contribution >= 0.6 is 0 Å². The summed E-state index contributed by atoms with van der Waals surface area (Å²) in [5.74, 6) is -0.514. The molecule has 6 nitrogen and oxygen atoms in total. The van der Waals surface area contributed by atoms with Crippen molar-refractivity contribution in [3.05, 3.63) is 11.8 Å². The van der Waals surface area contributed by atoms with Crippen LogP contribution in [-0.4, -0.2) is 54.4 Å². The molecule has 6 heteroatoms. The number of nitrogens with zero attached hydrogens (tertiary/aromatic N) is 3. The van der Waals surface area contributed by atoms with Gasteiger partial charge in [0.25, 0.3) is 0 Å². The standard InChI is InChI=1S/C9H13N3O3/c1-11-2-4-12(5-3-11)8-6-7(9(13)14)10-15-8/h6H,2-5H2,1H3,(H,13,14). The van der Waals surface area contributed by atoms with Crippen LogP contribution in [0.1, 0.15) is 10.5 Å². The van der Waals surface area contributed by atoms with Gasteiger partial charge in [-0.1, -0.05) is 5.16 Å². The van der Waals surface area contributed by atoms with Gasteiger partial charge in [0.1, 0.15) is 0 Å². The van der Waals surface area contributed by atoms with Crippen molar-refractivity contribution in [2.24, 2.45) is 0 Å². The summed E-state index contributed by atoms with van der Waals surface area (Å²) < 4.78 is 4.98. The predicted molar refractivity (Wildman–Crippen MR) is 53.2 cm³/mol. The summed E-state index contributed by atoms with van der Waals surface area (Å²) >= 11 is 0. The summed E-state index contributed by atoms with van der Waals surface area (Å²) in [6.07, 6.45) is 0. The number of piperazine rings is 1. The number of rotatable bonds is 2. The largest absolute Gasteiger partial charge is 0.476 e. The Labute approximate surface area is 87.1 Å². The molecular formula is C9H13N3O3. The molecule has 82 valence electrons. The van der Waals surface area contributed by atoms with Gasteiger partial charge in [-0.2, -0.15) is 0 Å². The van der Waals surface area contributed by atoms with Crippen molar-refractivity contribution in [1.82, 2.24) is 10.1 Å². The molecule has 1 aromatic rings. The molecule has 0 aliphatic carbocycles. The second kappa shape index (κ2) is 3.90. The first-order chi connectivity index (χ1) is 7.16. The molecule has 0 spiro atoms.